The van der Waals surface area contributed by atoms with Crippen LogP contribution in [0.3, 0.4) is 0 Å². The highest BCUT2D eigenvalue weighted by molar-refractivity contribution is 6.50. The van der Waals surface area contributed by atoms with Crippen molar-refractivity contribution >= 4 is 14.5 Å². The fourth-order valence-electron chi connectivity index (χ4n) is 0.780. The van der Waals surface area contributed by atoms with Crippen molar-refractivity contribution in [2.75, 3.05) is 27.7 Å². The zero-order valence-electron chi connectivity index (χ0n) is 13.6. The average molecular weight is 350 g/mol. The molecule has 0 saturated carbocycles. The Labute approximate surface area is 127 Å². The van der Waals surface area contributed by atoms with E-state index in [2.05, 4.69) is 33.8 Å². The van der Waals surface area contributed by atoms with Gasteiger partial charge in [0, 0.05) is 0 Å². The van der Waals surface area contributed by atoms with E-state index in [0.29, 0.717) is 0 Å². The molecule has 0 aliphatic heterocycles. The van der Waals surface area contributed by atoms with Crippen LogP contribution in [0.2, 0.25) is 0 Å². The molecule has 0 spiro atoms. The van der Waals surface area contributed by atoms with E-state index < -0.39 is 14.5 Å². The summed E-state index contributed by atoms with van der Waals surface area (Å²) < 4.78 is 78.0. The molecule has 0 amide bonds. The Hall–Kier alpha value is -0.510. The van der Waals surface area contributed by atoms with E-state index in [9.17, 15) is 34.5 Å². The molecule has 0 aromatic carbocycles. The van der Waals surface area contributed by atoms with Crippen molar-refractivity contribution in [1.82, 2.24) is 0 Å². The summed E-state index contributed by atoms with van der Waals surface area (Å²) in [5.41, 5.74) is 3.78. The Kier molecular flexibility index (Phi) is 24.9. The summed E-state index contributed by atoms with van der Waals surface area (Å²) in [7, 11) is -5.75. The lowest BCUT2D eigenvalue weighted by molar-refractivity contribution is -0.836. The minimum absolute atomic E-state index is 1.11. The van der Waals surface area contributed by atoms with Gasteiger partial charge in [0.2, 0.25) is 0 Å². The second-order valence-electron chi connectivity index (χ2n) is 4.76. The average Bonchev–Trinajstić information content (AvgIpc) is 2.19. The van der Waals surface area contributed by atoms with Gasteiger partial charge in [0.25, 0.3) is 0 Å². The van der Waals surface area contributed by atoms with Crippen LogP contribution in [0.5, 0.6) is 0 Å². The number of halogens is 8. The van der Waals surface area contributed by atoms with Crippen LogP contribution in [0.4, 0.5) is 34.5 Å². The molecule has 0 bridgehead atoms. The third kappa shape index (κ3) is 331. The van der Waals surface area contributed by atoms with Gasteiger partial charge in [0.15, 0.2) is 0 Å². The molecule has 0 aromatic rings. The molecule has 0 heterocycles. The van der Waals surface area contributed by atoms with Gasteiger partial charge in [-0.3, -0.25) is 0 Å². The smallest absolute Gasteiger partial charge is 0.418 e. The standard InChI is InChI=1S/C7H17N.C3H9N.2BF4/c1-2-3-4-5-6-7-8;1-4(2)3;2*2-1(3,4)5/h2-8H2,1H3;1-3H3;;/q;;2*-1/p+2. The molecular formula is C10H28B2F8N2. The second kappa shape index (κ2) is 18.5. The molecule has 0 aromatic heterocycles. The topological polar surface area (TPSA) is 32.1 Å². The maximum atomic E-state index is 9.75. The first kappa shape index (κ1) is 29.5. The van der Waals surface area contributed by atoms with Gasteiger partial charge < -0.3 is 45.2 Å². The summed E-state index contributed by atoms with van der Waals surface area (Å²) in [5, 5.41) is 0. The van der Waals surface area contributed by atoms with E-state index in [-0.39, 0.29) is 0 Å². The van der Waals surface area contributed by atoms with E-state index in [1.165, 1.54) is 37.0 Å². The summed E-state index contributed by atoms with van der Waals surface area (Å²) in [6.45, 7) is 3.36. The second-order valence-corrected chi connectivity index (χ2v) is 4.76. The summed E-state index contributed by atoms with van der Waals surface area (Å²) in [6.07, 6.45) is 6.86. The third-order valence-electron chi connectivity index (χ3n) is 1.35. The highest BCUT2D eigenvalue weighted by atomic mass is 19.5. The largest absolute Gasteiger partial charge is 0.673 e. The molecule has 4 N–H and O–H groups in total. The van der Waals surface area contributed by atoms with Gasteiger partial charge in [-0.1, -0.05) is 26.2 Å². The molecular weight excluding hydrogens is 322 g/mol. The van der Waals surface area contributed by atoms with E-state index in [1.54, 1.807) is 0 Å². The summed E-state index contributed by atoms with van der Waals surface area (Å²) >= 11 is 0. The highest BCUT2D eigenvalue weighted by Gasteiger charge is 2.21. The normalized spacial score (nSPS) is 10.6. The van der Waals surface area contributed by atoms with Crippen molar-refractivity contribution in [3.05, 3.63) is 0 Å². The summed E-state index contributed by atoms with van der Waals surface area (Å²) in [6, 6.07) is 0. The number of hydrogen-bond donors (Lipinski definition) is 2. The molecule has 12 heteroatoms. The maximum Gasteiger partial charge on any atom is 0.673 e. The highest BCUT2D eigenvalue weighted by Crippen LogP contribution is 2.07. The van der Waals surface area contributed by atoms with Crippen LogP contribution >= 0.6 is 0 Å². The van der Waals surface area contributed by atoms with Crippen molar-refractivity contribution < 1.29 is 45.2 Å². The van der Waals surface area contributed by atoms with Crippen LogP contribution in [0, 0.1) is 0 Å². The Morgan fingerprint density at radius 1 is 0.682 bits per heavy atom. The minimum atomic E-state index is -6.00. The first-order valence-electron chi connectivity index (χ1n) is 6.95. The number of quaternary nitrogens is 2. The maximum absolute atomic E-state index is 9.75. The lowest BCUT2D eigenvalue weighted by Gasteiger charge is -1.94. The van der Waals surface area contributed by atoms with Crippen molar-refractivity contribution in [1.29, 1.82) is 0 Å². The van der Waals surface area contributed by atoms with Crippen molar-refractivity contribution in [2.24, 2.45) is 0 Å². The number of nitrogens with one attached hydrogen (secondary N) is 1. The van der Waals surface area contributed by atoms with Gasteiger partial charge in [-0.15, -0.1) is 0 Å². The van der Waals surface area contributed by atoms with Gasteiger partial charge in [0.1, 0.15) is 0 Å². The van der Waals surface area contributed by atoms with Crippen LogP contribution < -0.4 is 10.6 Å². The molecule has 0 atom stereocenters. The van der Waals surface area contributed by atoms with Crippen LogP contribution in [-0.2, 0) is 0 Å². The van der Waals surface area contributed by atoms with Crippen LogP contribution in [0.15, 0.2) is 0 Å². The van der Waals surface area contributed by atoms with Gasteiger partial charge in [-0.2, -0.15) is 0 Å². The molecule has 0 fully saturated rings. The fourth-order valence-corrected chi connectivity index (χ4v) is 0.780. The predicted octanol–water partition coefficient (Wildman–Crippen LogP) is 2.56. The van der Waals surface area contributed by atoms with Crippen LogP contribution in [0.1, 0.15) is 39.0 Å². The van der Waals surface area contributed by atoms with Crippen molar-refractivity contribution in [3.8, 4) is 0 Å². The molecule has 2 nitrogen and oxygen atoms in total. The summed E-state index contributed by atoms with van der Waals surface area (Å²) in [5.74, 6) is 0. The molecule has 22 heavy (non-hydrogen) atoms. The van der Waals surface area contributed by atoms with E-state index >= 15 is 0 Å². The van der Waals surface area contributed by atoms with Crippen LogP contribution in [-0.4, -0.2) is 42.2 Å². The van der Waals surface area contributed by atoms with Crippen LogP contribution in [0.25, 0.3) is 0 Å². The van der Waals surface area contributed by atoms with Gasteiger partial charge in [-0.25, -0.2) is 0 Å². The Balaban J connectivity index is -0.000000102. The molecule has 0 rings (SSSR count). The predicted molar refractivity (Wildman–Crippen MR) is 75.6 cm³/mol. The zero-order valence-corrected chi connectivity index (χ0v) is 13.6. The number of unbranched alkanes of at least 4 members (excludes halogenated alkanes) is 4. The van der Waals surface area contributed by atoms with E-state index in [4.69, 9.17) is 0 Å². The Morgan fingerprint density at radius 2 is 0.909 bits per heavy atom. The summed E-state index contributed by atoms with van der Waals surface area (Å²) in [4.78, 5) is 1.42. The lowest BCUT2D eigenvalue weighted by atomic mass is 10.2. The van der Waals surface area contributed by atoms with Crippen molar-refractivity contribution in [3.63, 3.8) is 0 Å². The molecule has 0 radical (unpaired) electrons. The minimum Gasteiger partial charge on any atom is -0.418 e. The Bertz CT molecular complexity index is 168. The monoisotopic (exact) mass is 350 g/mol. The van der Waals surface area contributed by atoms with Gasteiger partial charge in [-0.05, 0) is 12.8 Å². The fraction of sp³-hybridized carbons (Fsp3) is 1.00. The first-order chi connectivity index (χ1) is 9.65. The Morgan fingerprint density at radius 3 is 1.09 bits per heavy atom. The third-order valence-corrected chi connectivity index (χ3v) is 1.35. The molecule has 0 unspecified atom stereocenters. The SMILES string of the molecule is CCCCCCC[NH3+].C[NH+](C)C.F[B-](F)(F)F.F[B-](F)(F)F. The van der Waals surface area contributed by atoms with Gasteiger partial charge in [0.05, 0.1) is 27.7 Å². The van der Waals surface area contributed by atoms with E-state index in [0.717, 1.165) is 6.54 Å². The molecule has 140 valence electrons. The van der Waals surface area contributed by atoms with Gasteiger partial charge >= 0.3 is 14.5 Å². The molecule has 0 aliphatic carbocycles. The first-order valence-corrected chi connectivity index (χ1v) is 6.95. The van der Waals surface area contributed by atoms with Crippen molar-refractivity contribution in [2.45, 2.75) is 39.0 Å². The molecule has 0 aliphatic rings. The van der Waals surface area contributed by atoms with E-state index in [1.807, 2.05) is 0 Å². The number of hydrogen-bond acceptors (Lipinski definition) is 0. The lowest BCUT2D eigenvalue weighted by Crippen LogP contribution is -3.02. The molecule has 0 saturated heterocycles. The zero-order chi connectivity index (χ0) is 18.8. The number of rotatable bonds is 5. The quantitative estimate of drug-likeness (QED) is 0.434.